The van der Waals surface area contributed by atoms with E-state index < -0.39 is 26.0 Å². The Kier molecular flexibility index (Phi) is 4.60. The van der Waals surface area contributed by atoms with Crippen LogP contribution in [0.25, 0.3) is 0 Å². The van der Waals surface area contributed by atoms with Crippen molar-refractivity contribution in [3.8, 4) is 0 Å². The van der Waals surface area contributed by atoms with Gasteiger partial charge in [0.1, 0.15) is 4.90 Å². The SMILES string of the molecule is FS(F)(F)(F)(F)c1ccc([S+](c2ccccc2)c2ccc(I)cc2)cc1. The number of halogens is 6. The summed E-state index contributed by atoms with van der Waals surface area (Å²) < 4.78 is 65.9. The molecule has 3 aromatic rings. The van der Waals surface area contributed by atoms with Gasteiger partial charge in [0.15, 0.2) is 14.7 Å². The van der Waals surface area contributed by atoms with Crippen LogP contribution in [0.2, 0.25) is 0 Å². The first-order valence-electron chi connectivity index (χ1n) is 7.33. The van der Waals surface area contributed by atoms with Gasteiger partial charge in [0, 0.05) is 3.57 Å². The Balaban J connectivity index is 2.10. The highest BCUT2D eigenvalue weighted by atomic mass is 127. The van der Waals surface area contributed by atoms with Crippen molar-refractivity contribution in [2.45, 2.75) is 19.6 Å². The molecule has 3 aromatic carbocycles. The fourth-order valence-electron chi connectivity index (χ4n) is 2.37. The van der Waals surface area contributed by atoms with E-state index in [2.05, 4.69) is 22.6 Å². The minimum atomic E-state index is -9.67. The van der Waals surface area contributed by atoms with Crippen LogP contribution < -0.4 is 0 Å². The van der Waals surface area contributed by atoms with E-state index in [4.69, 9.17) is 0 Å². The zero-order valence-corrected chi connectivity index (χ0v) is 16.9. The zero-order valence-electron chi connectivity index (χ0n) is 13.1. The maximum absolute atomic E-state index is 13.0. The lowest BCUT2D eigenvalue weighted by molar-refractivity contribution is 0.364. The minimum absolute atomic E-state index is 0.479. The van der Waals surface area contributed by atoms with Crippen molar-refractivity contribution in [2.75, 3.05) is 0 Å². The third-order valence-electron chi connectivity index (χ3n) is 3.53. The van der Waals surface area contributed by atoms with E-state index in [-0.39, 0.29) is 0 Å². The van der Waals surface area contributed by atoms with Gasteiger partial charge in [-0.1, -0.05) is 37.6 Å². The molecular weight excluding hydrogens is 502 g/mol. The van der Waals surface area contributed by atoms with Crippen molar-refractivity contribution in [2.24, 2.45) is 0 Å². The summed E-state index contributed by atoms with van der Waals surface area (Å²) in [6.45, 7) is 0. The predicted octanol–water partition coefficient (Wildman–Crippen LogP) is 8.04. The molecule has 0 N–H and O–H groups in total. The van der Waals surface area contributed by atoms with Crippen molar-refractivity contribution < 1.29 is 19.4 Å². The molecule has 0 aliphatic carbocycles. The molecule has 0 aliphatic rings. The lowest BCUT2D eigenvalue weighted by Crippen LogP contribution is -2.08. The van der Waals surface area contributed by atoms with Gasteiger partial charge in [-0.2, -0.15) is 0 Å². The Morgan fingerprint density at radius 1 is 0.577 bits per heavy atom. The average Bonchev–Trinajstić information content (AvgIpc) is 2.56. The number of hydrogen-bond donors (Lipinski definition) is 0. The predicted molar refractivity (Wildman–Crippen MR) is 106 cm³/mol. The van der Waals surface area contributed by atoms with E-state index in [1.54, 1.807) is 0 Å². The Bertz CT molecular complexity index is 909. The third kappa shape index (κ3) is 4.52. The fourth-order valence-corrected chi connectivity index (χ4v) is 5.44. The molecule has 26 heavy (non-hydrogen) atoms. The monoisotopic (exact) mass is 515 g/mol. The van der Waals surface area contributed by atoms with Gasteiger partial charge in [0.2, 0.25) is 0 Å². The van der Waals surface area contributed by atoms with Crippen LogP contribution in [0.1, 0.15) is 0 Å². The van der Waals surface area contributed by atoms with Crippen LogP contribution in [0.3, 0.4) is 0 Å². The van der Waals surface area contributed by atoms with Gasteiger partial charge in [-0.3, -0.25) is 0 Å². The normalized spacial score (nSPS) is 15.8. The summed E-state index contributed by atoms with van der Waals surface area (Å²) in [5.41, 5.74) is 0. The van der Waals surface area contributed by atoms with E-state index in [0.29, 0.717) is 17.0 Å². The van der Waals surface area contributed by atoms with Crippen molar-refractivity contribution in [3.05, 3.63) is 82.4 Å². The summed E-state index contributed by atoms with van der Waals surface area (Å²) in [5, 5.41) is 0. The Morgan fingerprint density at radius 2 is 1.00 bits per heavy atom. The summed E-state index contributed by atoms with van der Waals surface area (Å²) in [6, 6.07) is 20.1. The first kappa shape index (κ1) is 19.5. The van der Waals surface area contributed by atoms with Crippen LogP contribution in [0, 0.1) is 3.57 Å². The smallest absolute Gasteiger partial charge is 0.0936 e. The minimum Gasteiger partial charge on any atom is -0.0936 e. The van der Waals surface area contributed by atoms with Crippen LogP contribution in [0.5, 0.6) is 0 Å². The Labute approximate surface area is 164 Å². The van der Waals surface area contributed by atoms with Gasteiger partial charge in [0.25, 0.3) is 0 Å². The molecular formula is C18H13F5IS2+. The molecule has 0 nitrogen and oxygen atoms in total. The standard InChI is InChI=1S/C18H13F5IS2/c19-26(20,21,22,23)18-12-10-17(11-13-18)25(15-4-2-1-3-5-15)16-8-6-14(24)7-9-16/h1-13H/q+1. The first-order chi connectivity index (χ1) is 11.9. The van der Waals surface area contributed by atoms with Crippen LogP contribution >= 0.6 is 32.8 Å². The fraction of sp³-hybridized carbons (Fsp3) is 0. The summed E-state index contributed by atoms with van der Waals surface area (Å²) in [4.78, 5) is 0.474. The molecule has 1 atom stereocenters. The molecule has 1 unspecified atom stereocenters. The second-order valence-electron chi connectivity index (χ2n) is 5.51. The second-order valence-corrected chi connectivity index (χ2v) is 11.2. The Hall–Kier alpha value is -1.26. The van der Waals surface area contributed by atoms with E-state index >= 15 is 0 Å². The van der Waals surface area contributed by atoms with Crippen molar-refractivity contribution in [3.63, 3.8) is 0 Å². The topological polar surface area (TPSA) is 0 Å². The van der Waals surface area contributed by atoms with Crippen molar-refractivity contribution in [1.82, 2.24) is 0 Å². The lowest BCUT2D eigenvalue weighted by Gasteiger charge is -2.40. The number of hydrogen-bond acceptors (Lipinski definition) is 0. The summed E-state index contributed by atoms with van der Waals surface area (Å²) in [7, 11) is -10.4. The van der Waals surface area contributed by atoms with E-state index in [1.807, 2.05) is 54.6 Å². The maximum atomic E-state index is 13.0. The molecule has 138 valence electrons. The highest BCUT2D eigenvalue weighted by Crippen LogP contribution is 3.02. The molecule has 0 saturated heterocycles. The molecule has 0 spiro atoms. The number of rotatable bonds is 4. The lowest BCUT2D eigenvalue weighted by atomic mass is 10.4. The van der Waals surface area contributed by atoms with Gasteiger partial charge >= 0.3 is 10.2 Å². The largest absolute Gasteiger partial charge is 0.310 e. The molecule has 0 bridgehead atoms. The molecule has 0 saturated carbocycles. The van der Waals surface area contributed by atoms with Gasteiger partial charge in [0.05, 0.1) is 10.9 Å². The number of benzene rings is 3. The summed E-state index contributed by atoms with van der Waals surface area (Å²) >= 11 is 2.16. The van der Waals surface area contributed by atoms with E-state index in [9.17, 15) is 19.4 Å². The molecule has 0 aliphatic heterocycles. The van der Waals surface area contributed by atoms with Crippen molar-refractivity contribution in [1.29, 1.82) is 0 Å². The van der Waals surface area contributed by atoms with Gasteiger partial charge in [-0.05, 0) is 83.3 Å². The van der Waals surface area contributed by atoms with Crippen LogP contribution in [0.4, 0.5) is 19.4 Å². The molecule has 0 amide bonds. The van der Waals surface area contributed by atoms with Gasteiger partial charge in [-0.25, -0.2) is 0 Å². The molecule has 0 radical (unpaired) electrons. The summed E-state index contributed by atoms with van der Waals surface area (Å²) in [5.74, 6) is 0. The highest BCUT2D eigenvalue weighted by Gasteiger charge is 2.65. The molecule has 3 rings (SSSR count). The van der Waals surface area contributed by atoms with Gasteiger partial charge < -0.3 is 0 Å². The quantitative estimate of drug-likeness (QED) is 0.187. The average molecular weight is 515 g/mol. The molecule has 0 aromatic heterocycles. The molecule has 0 heterocycles. The molecule has 0 fully saturated rings. The maximum Gasteiger partial charge on any atom is 0.310 e. The first-order valence-corrected chi connectivity index (χ1v) is 11.6. The van der Waals surface area contributed by atoms with E-state index in [1.165, 1.54) is 0 Å². The Morgan fingerprint density at radius 3 is 1.46 bits per heavy atom. The zero-order chi connectivity index (χ0) is 19.1. The van der Waals surface area contributed by atoms with Gasteiger partial charge in [-0.15, -0.1) is 0 Å². The van der Waals surface area contributed by atoms with Crippen LogP contribution in [-0.2, 0) is 10.9 Å². The third-order valence-corrected chi connectivity index (χ3v) is 7.65. The highest BCUT2D eigenvalue weighted by molar-refractivity contribution is 14.1. The van der Waals surface area contributed by atoms with Crippen LogP contribution in [-0.4, -0.2) is 0 Å². The van der Waals surface area contributed by atoms with Crippen molar-refractivity contribution >= 4 is 43.7 Å². The second kappa shape index (κ2) is 6.13. The summed E-state index contributed by atoms with van der Waals surface area (Å²) in [6.07, 6.45) is 0. The van der Waals surface area contributed by atoms with E-state index in [0.717, 1.165) is 25.5 Å². The molecule has 8 heteroatoms. The van der Waals surface area contributed by atoms with Crippen LogP contribution in [0.15, 0.2) is 98.4 Å².